The molecule has 1 unspecified atom stereocenters. The van der Waals surface area contributed by atoms with Crippen LogP contribution in [0.3, 0.4) is 0 Å². The van der Waals surface area contributed by atoms with E-state index in [1.165, 1.54) is 4.90 Å². The zero-order chi connectivity index (χ0) is 30.3. The highest BCUT2D eigenvalue weighted by atomic mass is 35.5. The van der Waals surface area contributed by atoms with Crippen LogP contribution in [0.25, 0.3) is 10.4 Å². The Labute approximate surface area is 264 Å². The lowest BCUT2D eigenvalue weighted by molar-refractivity contribution is -0.144. The van der Waals surface area contributed by atoms with E-state index in [9.17, 15) is 19.5 Å². The minimum absolute atomic E-state index is 0. The molecule has 2 aliphatic rings. The minimum atomic E-state index is -0.884. The van der Waals surface area contributed by atoms with Crippen LogP contribution in [0, 0.1) is 12.3 Å². The lowest BCUT2D eigenvalue weighted by atomic mass is 9.85. The first-order chi connectivity index (χ1) is 20.0. The molecule has 3 heterocycles. The third kappa shape index (κ3) is 9.69. The highest BCUT2D eigenvalue weighted by Gasteiger charge is 2.44. The number of carbonyl (C=O) groups excluding carboxylic acids is 3. The van der Waals surface area contributed by atoms with Crippen LogP contribution < -0.4 is 16.0 Å². The number of likely N-dealkylation sites (tertiary alicyclic amines) is 1. The van der Waals surface area contributed by atoms with Crippen molar-refractivity contribution in [3.8, 4) is 10.4 Å². The maximum atomic E-state index is 13.7. The number of aliphatic hydroxyl groups excluding tert-OH is 1. The number of aromatic nitrogens is 1. The average Bonchev–Trinajstić information content (AvgIpc) is 3.58. The van der Waals surface area contributed by atoms with Crippen molar-refractivity contribution in [1.82, 2.24) is 30.7 Å². The van der Waals surface area contributed by atoms with Gasteiger partial charge in [-0.3, -0.25) is 19.3 Å². The molecule has 3 atom stereocenters. The van der Waals surface area contributed by atoms with Gasteiger partial charge in [0.1, 0.15) is 18.7 Å². The standard InChI is InChI=1S/C30H44N6O5S.ClH/c1-20-26(42-19-33-20)22-7-5-21(6-8-22)16-32-28(39)24-15-23(37)17-36(24)29(40)27(30(2,3)4)34-25(38)18-41-14-13-35-11-9-31-10-12-35;/h5-8,19,23-24,27,31,37H,9-18H2,1-4H3,(H,32,39)(H,34,38);1H/t23-,24+,27?;/m1./s1. The lowest BCUT2D eigenvalue weighted by Gasteiger charge is -2.35. The largest absolute Gasteiger partial charge is 0.391 e. The summed E-state index contributed by atoms with van der Waals surface area (Å²) in [6.07, 6.45) is -0.683. The molecule has 4 N–H and O–H groups in total. The second-order valence-corrected chi connectivity index (χ2v) is 12.9. The van der Waals surface area contributed by atoms with Crippen LogP contribution in [0.5, 0.6) is 0 Å². The Kier molecular flexibility index (Phi) is 12.9. The van der Waals surface area contributed by atoms with Crippen molar-refractivity contribution >= 4 is 41.5 Å². The Morgan fingerprint density at radius 3 is 2.51 bits per heavy atom. The Bertz CT molecular complexity index is 1210. The van der Waals surface area contributed by atoms with Gasteiger partial charge >= 0.3 is 0 Å². The first-order valence-electron chi connectivity index (χ1n) is 14.6. The van der Waals surface area contributed by atoms with Crippen LogP contribution in [0.2, 0.25) is 0 Å². The monoisotopic (exact) mass is 636 g/mol. The smallest absolute Gasteiger partial charge is 0.246 e. The molecule has 43 heavy (non-hydrogen) atoms. The SMILES string of the molecule is Cc1ncsc1-c1ccc(CNC(=O)[C@@H]2C[C@@H](O)CN2C(=O)C(NC(=O)COCCN2CCNCC2)C(C)(C)C)cc1.Cl. The van der Waals surface area contributed by atoms with E-state index in [4.69, 9.17) is 4.74 Å². The van der Waals surface area contributed by atoms with Gasteiger partial charge in [-0.2, -0.15) is 0 Å². The van der Waals surface area contributed by atoms with Crippen molar-refractivity contribution in [2.24, 2.45) is 5.41 Å². The molecule has 0 bridgehead atoms. The van der Waals surface area contributed by atoms with Gasteiger partial charge < -0.3 is 30.7 Å². The van der Waals surface area contributed by atoms with Crippen molar-refractivity contribution < 1.29 is 24.2 Å². The zero-order valence-electron chi connectivity index (χ0n) is 25.4. The molecular weight excluding hydrogens is 592 g/mol. The molecule has 2 fully saturated rings. The number of carbonyl (C=O) groups is 3. The summed E-state index contributed by atoms with van der Waals surface area (Å²) in [5.41, 5.74) is 4.17. The van der Waals surface area contributed by atoms with E-state index in [2.05, 4.69) is 25.8 Å². The molecule has 1 aromatic heterocycles. The Morgan fingerprint density at radius 2 is 1.88 bits per heavy atom. The van der Waals surface area contributed by atoms with Crippen molar-refractivity contribution in [3.05, 3.63) is 41.0 Å². The molecule has 1 aromatic carbocycles. The molecule has 0 aliphatic carbocycles. The van der Waals surface area contributed by atoms with E-state index in [1.807, 2.05) is 57.5 Å². The number of aliphatic hydroxyl groups is 1. The third-order valence-corrected chi connectivity index (χ3v) is 8.68. The first kappa shape index (κ1) is 34.9. The number of thiazole rings is 1. The Morgan fingerprint density at radius 1 is 1.19 bits per heavy atom. The predicted molar refractivity (Wildman–Crippen MR) is 169 cm³/mol. The zero-order valence-corrected chi connectivity index (χ0v) is 27.1. The van der Waals surface area contributed by atoms with Gasteiger partial charge in [-0.15, -0.1) is 23.7 Å². The average molecular weight is 637 g/mol. The predicted octanol–water partition coefficient (Wildman–Crippen LogP) is 1.57. The summed E-state index contributed by atoms with van der Waals surface area (Å²) in [7, 11) is 0. The second kappa shape index (κ2) is 15.9. The summed E-state index contributed by atoms with van der Waals surface area (Å²) in [5, 5.41) is 19.5. The van der Waals surface area contributed by atoms with Crippen LogP contribution >= 0.6 is 23.7 Å². The van der Waals surface area contributed by atoms with Gasteiger partial charge in [-0.25, -0.2) is 4.98 Å². The van der Waals surface area contributed by atoms with E-state index in [1.54, 1.807) is 11.3 Å². The molecule has 2 aliphatic heterocycles. The fraction of sp³-hybridized carbons (Fsp3) is 0.600. The summed E-state index contributed by atoms with van der Waals surface area (Å²) >= 11 is 1.59. The fourth-order valence-electron chi connectivity index (χ4n) is 5.28. The van der Waals surface area contributed by atoms with E-state index in [0.717, 1.165) is 54.4 Å². The maximum absolute atomic E-state index is 13.7. The molecule has 3 amide bonds. The summed E-state index contributed by atoms with van der Waals surface area (Å²) in [6.45, 7) is 12.7. The van der Waals surface area contributed by atoms with Gasteiger partial charge in [-0.05, 0) is 23.5 Å². The molecule has 2 aromatic rings. The highest BCUT2D eigenvalue weighted by molar-refractivity contribution is 7.13. The van der Waals surface area contributed by atoms with Gasteiger partial charge in [0.15, 0.2) is 0 Å². The topological polar surface area (TPSA) is 136 Å². The number of ether oxygens (including phenoxy) is 1. The van der Waals surface area contributed by atoms with Crippen LogP contribution in [-0.4, -0.2) is 108 Å². The van der Waals surface area contributed by atoms with Crippen molar-refractivity contribution in [2.45, 2.75) is 58.8 Å². The lowest BCUT2D eigenvalue weighted by Crippen LogP contribution is -2.58. The summed E-state index contributed by atoms with van der Waals surface area (Å²) in [5.74, 6) is -1.11. The van der Waals surface area contributed by atoms with E-state index in [-0.39, 0.29) is 43.8 Å². The number of nitrogens with one attached hydrogen (secondary N) is 3. The maximum Gasteiger partial charge on any atom is 0.246 e. The van der Waals surface area contributed by atoms with Gasteiger partial charge in [-0.1, -0.05) is 45.0 Å². The van der Waals surface area contributed by atoms with Crippen molar-refractivity contribution in [3.63, 3.8) is 0 Å². The molecule has 0 spiro atoms. The quantitative estimate of drug-likeness (QED) is 0.273. The summed E-state index contributed by atoms with van der Waals surface area (Å²) < 4.78 is 5.60. The van der Waals surface area contributed by atoms with Crippen molar-refractivity contribution in [1.29, 1.82) is 0 Å². The van der Waals surface area contributed by atoms with Crippen LogP contribution in [0.4, 0.5) is 0 Å². The number of amides is 3. The minimum Gasteiger partial charge on any atom is -0.391 e. The van der Waals surface area contributed by atoms with E-state index >= 15 is 0 Å². The van der Waals surface area contributed by atoms with Gasteiger partial charge in [0, 0.05) is 52.2 Å². The Balaban J connectivity index is 0.00000506. The molecular formula is C30H45ClN6O5S. The normalized spacial score (nSPS) is 19.9. The number of nitrogens with zero attached hydrogens (tertiary/aromatic N) is 3. The third-order valence-electron chi connectivity index (χ3n) is 7.71. The molecule has 0 saturated carbocycles. The molecule has 4 rings (SSSR count). The van der Waals surface area contributed by atoms with Crippen molar-refractivity contribution in [2.75, 3.05) is 52.5 Å². The van der Waals surface area contributed by atoms with Gasteiger partial charge in [0.05, 0.1) is 28.8 Å². The number of benzene rings is 1. The summed E-state index contributed by atoms with van der Waals surface area (Å²) in [6, 6.07) is 6.20. The molecule has 238 valence electrons. The number of hydrogen-bond donors (Lipinski definition) is 4. The number of rotatable bonds is 11. The fourth-order valence-corrected chi connectivity index (χ4v) is 6.09. The van der Waals surface area contributed by atoms with Crippen LogP contribution in [-0.2, 0) is 25.7 Å². The Hall–Kier alpha value is -2.61. The number of aryl methyl sites for hydroxylation is 1. The van der Waals surface area contributed by atoms with E-state index in [0.29, 0.717) is 13.2 Å². The van der Waals surface area contributed by atoms with Crippen LogP contribution in [0.15, 0.2) is 29.8 Å². The molecule has 11 nitrogen and oxygen atoms in total. The number of piperazine rings is 1. The second-order valence-electron chi connectivity index (χ2n) is 12.1. The summed E-state index contributed by atoms with van der Waals surface area (Å²) in [4.78, 5) is 48.8. The molecule has 2 saturated heterocycles. The van der Waals surface area contributed by atoms with Gasteiger partial charge in [0.2, 0.25) is 17.7 Å². The van der Waals surface area contributed by atoms with Gasteiger partial charge in [0.25, 0.3) is 0 Å². The number of halogens is 1. The molecule has 13 heteroatoms. The number of hydrogen-bond acceptors (Lipinski definition) is 9. The molecule has 0 radical (unpaired) electrons. The van der Waals surface area contributed by atoms with Crippen LogP contribution in [0.1, 0.15) is 38.4 Å². The highest BCUT2D eigenvalue weighted by Crippen LogP contribution is 2.28. The first-order valence-corrected chi connectivity index (χ1v) is 15.5. The van der Waals surface area contributed by atoms with E-state index < -0.39 is 29.5 Å². The number of β-amino-alcohol motifs (C(OH)–C–C–N with tert-alkyl or cyclic N) is 1.